The number of nitrogens with zero attached hydrogens (tertiary/aromatic N) is 1. The first-order chi connectivity index (χ1) is 5.95. The van der Waals surface area contributed by atoms with Crippen LogP contribution in [0.15, 0.2) is 12.7 Å². The molecule has 0 bridgehead atoms. The number of unbranched alkanes of at least 4 members (excludes halogenated alkanes) is 1. The van der Waals surface area contributed by atoms with Crippen molar-refractivity contribution in [1.82, 2.24) is 5.32 Å². The molecule has 0 aliphatic heterocycles. The van der Waals surface area contributed by atoms with Crippen molar-refractivity contribution in [3.63, 3.8) is 0 Å². The fraction of sp³-hybridized carbons (Fsp3) is 0.700. The highest BCUT2D eigenvalue weighted by Gasteiger charge is 2.05. The van der Waals surface area contributed by atoms with Crippen molar-refractivity contribution in [2.24, 2.45) is 0 Å². The summed E-state index contributed by atoms with van der Waals surface area (Å²) in [6.45, 7) is 5.28. The average molecular weight is 221 g/mol. The molecular formula is C10H21ClN2O. The standard InChI is InChI=1S/C10H20N2O.ClH/c1-5-10(13)11-8-6-7-9-12(2,3)4;/h5H,1,6-9H2,2-4H3;1H. The van der Waals surface area contributed by atoms with E-state index in [0.717, 1.165) is 30.4 Å². The van der Waals surface area contributed by atoms with E-state index in [4.69, 9.17) is 0 Å². The van der Waals surface area contributed by atoms with E-state index in [9.17, 15) is 4.79 Å². The number of nitrogens with one attached hydrogen (secondary N) is 1. The number of carbonyl (C=O) groups excluding carboxylic acids is 1. The smallest absolute Gasteiger partial charge is 0.243 e. The van der Waals surface area contributed by atoms with Crippen molar-refractivity contribution < 1.29 is 21.7 Å². The first-order valence-electron chi connectivity index (χ1n) is 4.66. The fourth-order valence-corrected chi connectivity index (χ4v) is 0.995. The van der Waals surface area contributed by atoms with Crippen LogP contribution in [0.2, 0.25) is 0 Å². The van der Waals surface area contributed by atoms with E-state index in [-0.39, 0.29) is 18.3 Å². The normalized spacial score (nSPS) is 10.2. The molecule has 0 rings (SSSR count). The zero-order chi connectivity index (χ0) is 10.3. The van der Waals surface area contributed by atoms with Crippen LogP contribution in [0.3, 0.4) is 0 Å². The van der Waals surface area contributed by atoms with Crippen LogP contribution in [0, 0.1) is 0 Å². The summed E-state index contributed by atoms with van der Waals surface area (Å²) in [6.07, 6.45) is 3.48. The molecule has 0 heterocycles. The second-order valence-corrected chi connectivity index (χ2v) is 4.22. The van der Waals surface area contributed by atoms with Gasteiger partial charge in [-0.05, 0) is 18.9 Å². The maximum Gasteiger partial charge on any atom is 0.243 e. The fourth-order valence-electron chi connectivity index (χ4n) is 0.995. The molecule has 0 saturated heterocycles. The van der Waals surface area contributed by atoms with Crippen molar-refractivity contribution in [3.8, 4) is 0 Å². The Labute approximate surface area is 93.2 Å². The van der Waals surface area contributed by atoms with Crippen molar-refractivity contribution in [2.75, 3.05) is 34.2 Å². The van der Waals surface area contributed by atoms with E-state index < -0.39 is 0 Å². The summed E-state index contributed by atoms with van der Waals surface area (Å²) in [4.78, 5) is 10.7. The summed E-state index contributed by atoms with van der Waals surface area (Å²) >= 11 is 0. The molecule has 0 spiro atoms. The molecule has 0 aromatic carbocycles. The Kier molecular flexibility index (Phi) is 8.89. The van der Waals surface area contributed by atoms with E-state index in [2.05, 4.69) is 33.0 Å². The Morgan fingerprint density at radius 3 is 2.36 bits per heavy atom. The molecule has 0 aromatic heterocycles. The highest BCUT2D eigenvalue weighted by Crippen LogP contribution is 1.96. The van der Waals surface area contributed by atoms with Crippen LogP contribution in [0.25, 0.3) is 0 Å². The van der Waals surface area contributed by atoms with Gasteiger partial charge < -0.3 is 22.2 Å². The Balaban J connectivity index is 0. The Morgan fingerprint density at radius 2 is 1.93 bits per heavy atom. The predicted octanol–water partition coefficient (Wildman–Crippen LogP) is -2.22. The maximum atomic E-state index is 10.7. The molecule has 14 heavy (non-hydrogen) atoms. The van der Waals surface area contributed by atoms with Crippen LogP contribution in [0.5, 0.6) is 0 Å². The lowest BCUT2D eigenvalue weighted by Gasteiger charge is -2.23. The summed E-state index contributed by atoms with van der Waals surface area (Å²) in [6, 6.07) is 0. The summed E-state index contributed by atoms with van der Waals surface area (Å²) in [5.41, 5.74) is 0. The lowest BCUT2D eigenvalue weighted by atomic mass is 10.3. The van der Waals surface area contributed by atoms with Gasteiger partial charge in [0.2, 0.25) is 5.91 Å². The zero-order valence-electron chi connectivity index (χ0n) is 9.35. The quantitative estimate of drug-likeness (QED) is 0.307. The van der Waals surface area contributed by atoms with Gasteiger partial charge in [0.25, 0.3) is 0 Å². The monoisotopic (exact) mass is 220 g/mol. The minimum atomic E-state index is -0.0785. The van der Waals surface area contributed by atoms with Gasteiger partial charge in [0.1, 0.15) is 0 Å². The Morgan fingerprint density at radius 1 is 1.36 bits per heavy atom. The largest absolute Gasteiger partial charge is 1.00 e. The van der Waals surface area contributed by atoms with E-state index in [0.29, 0.717) is 0 Å². The molecule has 3 nitrogen and oxygen atoms in total. The molecule has 0 aliphatic rings. The molecular weight excluding hydrogens is 200 g/mol. The van der Waals surface area contributed by atoms with Gasteiger partial charge in [-0.1, -0.05) is 6.58 Å². The molecule has 4 heteroatoms. The van der Waals surface area contributed by atoms with Crippen LogP contribution < -0.4 is 17.7 Å². The Hall–Kier alpha value is -0.540. The molecule has 0 atom stereocenters. The lowest BCUT2D eigenvalue weighted by Crippen LogP contribution is -3.00. The summed E-state index contributed by atoms with van der Waals surface area (Å²) in [5.74, 6) is -0.0785. The van der Waals surface area contributed by atoms with E-state index in [1.165, 1.54) is 6.08 Å². The summed E-state index contributed by atoms with van der Waals surface area (Å²) in [5, 5.41) is 2.75. The number of hydrogen-bond donors (Lipinski definition) is 1. The SMILES string of the molecule is C=CC(=O)NCCCC[N+](C)(C)C.[Cl-]. The third-order valence-electron chi connectivity index (χ3n) is 1.74. The molecule has 0 saturated carbocycles. The lowest BCUT2D eigenvalue weighted by molar-refractivity contribution is -0.870. The van der Waals surface area contributed by atoms with Crippen LogP contribution in [0.1, 0.15) is 12.8 Å². The first kappa shape index (κ1) is 15.9. The third-order valence-corrected chi connectivity index (χ3v) is 1.74. The minimum Gasteiger partial charge on any atom is -1.00 e. The number of amides is 1. The van der Waals surface area contributed by atoms with Crippen molar-refractivity contribution in [3.05, 3.63) is 12.7 Å². The van der Waals surface area contributed by atoms with Gasteiger partial charge in [0.15, 0.2) is 0 Å². The van der Waals surface area contributed by atoms with Crippen LogP contribution in [0.4, 0.5) is 0 Å². The van der Waals surface area contributed by atoms with E-state index in [1.54, 1.807) is 0 Å². The van der Waals surface area contributed by atoms with Gasteiger partial charge in [-0.2, -0.15) is 0 Å². The molecule has 0 radical (unpaired) electrons. The van der Waals surface area contributed by atoms with E-state index in [1.807, 2.05) is 0 Å². The molecule has 1 N–H and O–H groups in total. The highest BCUT2D eigenvalue weighted by atomic mass is 35.5. The predicted molar refractivity (Wildman–Crippen MR) is 55.3 cm³/mol. The molecule has 0 fully saturated rings. The third kappa shape index (κ3) is 11.5. The topological polar surface area (TPSA) is 29.1 Å². The van der Waals surface area contributed by atoms with Gasteiger partial charge in [-0.3, -0.25) is 4.79 Å². The van der Waals surface area contributed by atoms with Crippen molar-refractivity contribution in [1.29, 1.82) is 0 Å². The van der Waals surface area contributed by atoms with Crippen LogP contribution in [-0.4, -0.2) is 44.6 Å². The molecule has 0 aromatic rings. The molecule has 84 valence electrons. The average Bonchev–Trinajstić information content (AvgIpc) is 2.01. The zero-order valence-corrected chi connectivity index (χ0v) is 10.1. The van der Waals surface area contributed by atoms with Gasteiger partial charge in [0.05, 0.1) is 27.7 Å². The van der Waals surface area contributed by atoms with Gasteiger partial charge in [0, 0.05) is 6.54 Å². The van der Waals surface area contributed by atoms with Gasteiger partial charge >= 0.3 is 0 Å². The second kappa shape index (κ2) is 7.83. The molecule has 1 amide bonds. The van der Waals surface area contributed by atoms with E-state index >= 15 is 0 Å². The van der Waals surface area contributed by atoms with Gasteiger partial charge in [-0.15, -0.1) is 0 Å². The minimum absolute atomic E-state index is 0. The highest BCUT2D eigenvalue weighted by molar-refractivity contribution is 5.86. The number of hydrogen-bond acceptors (Lipinski definition) is 1. The number of carbonyl (C=O) groups is 1. The Bertz CT molecular complexity index is 175. The van der Waals surface area contributed by atoms with Crippen LogP contribution in [-0.2, 0) is 4.79 Å². The summed E-state index contributed by atoms with van der Waals surface area (Å²) < 4.78 is 0.982. The van der Waals surface area contributed by atoms with Gasteiger partial charge in [-0.25, -0.2) is 0 Å². The first-order valence-corrected chi connectivity index (χ1v) is 4.66. The second-order valence-electron chi connectivity index (χ2n) is 4.22. The molecule has 0 unspecified atom stereocenters. The number of halogens is 1. The van der Waals surface area contributed by atoms with Crippen molar-refractivity contribution >= 4 is 5.91 Å². The van der Waals surface area contributed by atoms with Crippen molar-refractivity contribution in [2.45, 2.75) is 12.8 Å². The number of quaternary nitrogens is 1. The maximum absolute atomic E-state index is 10.7. The number of rotatable bonds is 6. The van der Waals surface area contributed by atoms with Crippen LogP contribution >= 0.6 is 0 Å². The summed E-state index contributed by atoms with van der Waals surface area (Å²) in [7, 11) is 6.51. The molecule has 0 aliphatic carbocycles.